The number of hydrogen-bond acceptors (Lipinski definition) is 2. The highest BCUT2D eigenvalue weighted by Crippen LogP contribution is 2.16. The summed E-state index contributed by atoms with van der Waals surface area (Å²) < 4.78 is 5.12. The predicted molar refractivity (Wildman–Crippen MR) is 106 cm³/mol. The lowest BCUT2D eigenvalue weighted by Crippen LogP contribution is -2.44. The largest absolute Gasteiger partial charge is 0.383 e. The van der Waals surface area contributed by atoms with Crippen LogP contribution >= 0.6 is 35.6 Å². The SMILES string of the molecule is CCNC(=NCCCc1ccccc1Cl)NC(C)COC.I. The number of aliphatic imine (C=N–C) groups is 1. The number of aryl methyl sites for hydroxylation is 1. The molecule has 1 atom stereocenters. The number of hydrogen-bond donors (Lipinski definition) is 2. The molecule has 6 heteroatoms. The van der Waals surface area contributed by atoms with Crippen molar-refractivity contribution in [2.24, 2.45) is 4.99 Å². The maximum Gasteiger partial charge on any atom is 0.191 e. The van der Waals surface area contributed by atoms with E-state index in [2.05, 4.69) is 35.5 Å². The summed E-state index contributed by atoms with van der Waals surface area (Å²) >= 11 is 6.14. The van der Waals surface area contributed by atoms with E-state index >= 15 is 0 Å². The summed E-state index contributed by atoms with van der Waals surface area (Å²) in [4.78, 5) is 4.58. The molecule has 0 aromatic heterocycles. The van der Waals surface area contributed by atoms with Crippen LogP contribution in [0.1, 0.15) is 25.8 Å². The average molecular weight is 440 g/mol. The zero-order valence-corrected chi connectivity index (χ0v) is 16.7. The van der Waals surface area contributed by atoms with Gasteiger partial charge in [-0.3, -0.25) is 4.99 Å². The number of methoxy groups -OCH3 is 1. The third-order valence-corrected chi connectivity index (χ3v) is 3.34. The van der Waals surface area contributed by atoms with Gasteiger partial charge < -0.3 is 15.4 Å². The number of rotatable bonds is 8. The molecule has 4 nitrogen and oxygen atoms in total. The number of guanidine groups is 1. The number of benzene rings is 1. The second-order valence-corrected chi connectivity index (χ2v) is 5.36. The highest BCUT2D eigenvalue weighted by Gasteiger charge is 2.04. The van der Waals surface area contributed by atoms with Crippen LogP contribution in [0.25, 0.3) is 0 Å². The summed E-state index contributed by atoms with van der Waals surface area (Å²) in [5, 5.41) is 7.39. The van der Waals surface area contributed by atoms with Crippen molar-refractivity contribution in [2.45, 2.75) is 32.7 Å². The predicted octanol–water partition coefficient (Wildman–Crippen LogP) is 3.48. The molecule has 0 fully saturated rings. The van der Waals surface area contributed by atoms with Gasteiger partial charge in [-0.25, -0.2) is 0 Å². The molecule has 2 N–H and O–H groups in total. The molecule has 0 saturated heterocycles. The highest BCUT2D eigenvalue weighted by atomic mass is 127. The molecular formula is C16H27ClIN3O. The topological polar surface area (TPSA) is 45.7 Å². The second-order valence-electron chi connectivity index (χ2n) is 4.96. The zero-order valence-electron chi connectivity index (χ0n) is 13.6. The summed E-state index contributed by atoms with van der Waals surface area (Å²) in [6, 6.07) is 8.20. The van der Waals surface area contributed by atoms with Crippen LogP contribution in [0, 0.1) is 0 Å². The van der Waals surface area contributed by atoms with Gasteiger partial charge in [-0.2, -0.15) is 0 Å². The Balaban J connectivity index is 0.00000441. The van der Waals surface area contributed by atoms with E-state index in [4.69, 9.17) is 16.3 Å². The lowest BCUT2D eigenvalue weighted by molar-refractivity contribution is 0.179. The Kier molecular flexibility index (Phi) is 12.6. The molecule has 0 aliphatic carbocycles. The van der Waals surface area contributed by atoms with Crippen LogP contribution in [0.15, 0.2) is 29.3 Å². The second kappa shape index (κ2) is 13.0. The van der Waals surface area contributed by atoms with Crippen LogP contribution in [0.3, 0.4) is 0 Å². The van der Waals surface area contributed by atoms with E-state index in [0.29, 0.717) is 6.61 Å². The summed E-state index contributed by atoms with van der Waals surface area (Å²) in [5.41, 5.74) is 1.18. The molecule has 0 heterocycles. The summed E-state index contributed by atoms with van der Waals surface area (Å²) in [6.07, 6.45) is 1.91. The van der Waals surface area contributed by atoms with Gasteiger partial charge in [-0.15, -0.1) is 24.0 Å². The van der Waals surface area contributed by atoms with Crippen molar-refractivity contribution in [3.63, 3.8) is 0 Å². The van der Waals surface area contributed by atoms with Gasteiger partial charge in [0, 0.05) is 31.3 Å². The molecule has 0 bridgehead atoms. The minimum atomic E-state index is 0. The standard InChI is InChI=1S/C16H26ClN3O.HI/c1-4-18-16(20-13(2)12-21-3)19-11-7-9-14-8-5-6-10-15(14)17;/h5-6,8,10,13H,4,7,9,11-12H2,1-3H3,(H2,18,19,20);1H. The van der Waals surface area contributed by atoms with Crippen LogP contribution in [-0.4, -0.2) is 38.8 Å². The van der Waals surface area contributed by atoms with Gasteiger partial charge >= 0.3 is 0 Å². The first-order valence-electron chi connectivity index (χ1n) is 7.44. The van der Waals surface area contributed by atoms with Crippen molar-refractivity contribution in [2.75, 3.05) is 26.8 Å². The van der Waals surface area contributed by atoms with Crippen molar-refractivity contribution in [3.8, 4) is 0 Å². The molecule has 1 rings (SSSR count). The molecule has 22 heavy (non-hydrogen) atoms. The van der Waals surface area contributed by atoms with Crippen LogP contribution in [0.4, 0.5) is 0 Å². The van der Waals surface area contributed by atoms with Gasteiger partial charge in [0.1, 0.15) is 0 Å². The molecule has 0 spiro atoms. The first kappa shape index (κ1) is 21.5. The van der Waals surface area contributed by atoms with Gasteiger partial charge in [0.05, 0.1) is 6.61 Å². The molecule has 0 radical (unpaired) electrons. The van der Waals surface area contributed by atoms with Crippen molar-refractivity contribution >= 4 is 41.5 Å². The fourth-order valence-electron chi connectivity index (χ4n) is 2.01. The third kappa shape index (κ3) is 8.80. The molecule has 0 aliphatic heterocycles. The first-order valence-corrected chi connectivity index (χ1v) is 7.82. The third-order valence-electron chi connectivity index (χ3n) is 2.98. The average Bonchev–Trinajstić information content (AvgIpc) is 2.45. The molecule has 0 aliphatic rings. The van der Waals surface area contributed by atoms with Crippen molar-refractivity contribution in [1.29, 1.82) is 0 Å². The number of halogens is 2. The Morgan fingerprint density at radius 3 is 2.73 bits per heavy atom. The zero-order chi connectivity index (χ0) is 15.5. The number of nitrogens with zero attached hydrogens (tertiary/aromatic N) is 1. The minimum Gasteiger partial charge on any atom is -0.383 e. The van der Waals surface area contributed by atoms with Gasteiger partial charge in [0.15, 0.2) is 5.96 Å². The molecular weight excluding hydrogens is 413 g/mol. The van der Waals surface area contributed by atoms with Gasteiger partial charge in [0.2, 0.25) is 0 Å². The van der Waals surface area contributed by atoms with Crippen LogP contribution < -0.4 is 10.6 Å². The Morgan fingerprint density at radius 1 is 1.36 bits per heavy atom. The van der Waals surface area contributed by atoms with E-state index in [9.17, 15) is 0 Å². The Bertz CT molecular complexity index is 443. The smallest absolute Gasteiger partial charge is 0.191 e. The summed E-state index contributed by atoms with van der Waals surface area (Å²) in [7, 11) is 1.70. The lowest BCUT2D eigenvalue weighted by Gasteiger charge is -2.17. The van der Waals surface area contributed by atoms with E-state index in [1.54, 1.807) is 7.11 Å². The van der Waals surface area contributed by atoms with Crippen LogP contribution in [-0.2, 0) is 11.2 Å². The number of ether oxygens (including phenoxy) is 1. The Labute approximate surface area is 156 Å². The minimum absolute atomic E-state index is 0. The maximum absolute atomic E-state index is 6.14. The molecule has 1 aromatic carbocycles. The van der Waals surface area contributed by atoms with Crippen molar-refractivity contribution in [3.05, 3.63) is 34.9 Å². The van der Waals surface area contributed by atoms with Crippen LogP contribution in [0.5, 0.6) is 0 Å². The normalized spacial score (nSPS) is 12.5. The van der Waals surface area contributed by atoms with Crippen LogP contribution in [0.2, 0.25) is 5.02 Å². The van der Waals surface area contributed by atoms with Crippen molar-refractivity contribution < 1.29 is 4.74 Å². The van der Waals surface area contributed by atoms with Gasteiger partial charge in [-0.1, -0.05) is 29.8 Å². The molecule has 1 aromatic rings. The molecule has 1 unspecified atom stereocenters. The monoisotopic (exact) mass is 439 g/mol. The van der Waals surface area contributed by atoms with E-state index < -0.39 is 0 Å². The Hall–Kier alpha value is -0.530. The summed E-state index contributed by atoms with van der Waals surface area (Å²) in [6.45, 7) is 6.39. The number of nitrogens with one attached hydrogen (secondary N) is 2. The quantitative estimate of drug-likeness (QED) is 0.282. The van der Waals surface area contributed by atoms with Gasteiger partial charge in [0.25, 0.3) is 0 Å². The van der Waals surface area contributed by atoms with E-state index in [1.165, 1.54) is 5.56 Å². The van der Waals surface area contributed by atoms with Gasteiger partial charge in [-0.05, 0) is 38.3 Å². The molecule has 0 amide bonds. The first-order chi connectivity index (χ1) is 10.2. The van der Waals surface area contributed by atoms with E-state index in [1.807, 2.05) is 18.2 Å². The molecule has 126 valence electrons. The molecule has 0 saturated carbocycles. The Morgan fingerprint density at radius 2 is 2.09 bits per heavy atom. The fourth-order valence-corrected chi connectivity index (χ4v) is 2.24. The summed E-state index contributed by atoms with van der Waals surface area (Å²) in [5.74, 6) is 0.834. The van der Waals surface area contributed by atoms with E-state index in [-0.39, 0.29) is 30.0 Å². The van der Waals surface area contributed by atoms with E-state index in [0.717, 1.165) is 36.9 Å². The highest BCUT2D eigenvalue weighted by molar-refractivity contribution is 14.0. The van der Waals surface area contributed by atoms with Crippen molar-refractivity contribution in [1.82, 2.24) is 10.6 Å². The fraction of sp³-hybridized carbons (Fsp3) is 0.562. The maximum atomic E-state index is 6.14. The lowest BCUT2D eigenvalue weighted by atomic mass is 10.1.